The van der Waals surface area contributed by atoms with Crippen molar-refractivity contribution in [3.05, 3.63) is 119 Å². The van der Waals surface area contributed by atoms with E-state index in [-0.39, 0.29) is 12.5 Å². The van der Waals surface area contributed by atoms with E-state index in [9.17, 15) is 14.7 Å². The van der Waals surface area contributed by atoms with E-state index in [0.717, 1.165) is 49.2 Å². The van der Waals surface area contributed by atoms with Gasteiger partial charge in [-0.3, -0.25) is 9.59 Å². The van der Waals surface area contributed by atoms with Gasteiger partial charge >= 0.3 is 5.97 Å². The highest BCUT2D eigenvalue weighted by atomic mass is 16.5. The fraction of sp³-hybridized carbons (Fsp3) is 0.314. The van der Waals surface area contributed by atoms with Gasteiger partial charge in [-0.25, -0.2) is 9.97 Å². The molecular formula is C35H38N4O4. The number of nitrogens with zero attached hydrogens (tertiary/aromatic N) is 4. The number of ether oxygens (including phenoxy) is 1. The lowest BCUT2D eigenvalue weighted by Gasteiger charge is -2.32. The summed E-state index contributed by atoms with van der Waals surface area (Å²) in [7, 11) is 1.62. The van der Waals surface area contributed by atoms with Crippen LogP contribution in [0.2, 0.25) is 0 Å². The van der Waals surface area contributed by atoms with Gasteiger partial charge in [0, 0.05) is 32.3 Å². The summed E-state index contributed by atoms with van der Waals surface area (Å²) in [5, 5.41) is 9.62. The molecule has 222 valence electrons. The van der Waals surface area contributed by atoms with Gasteiger partial charge in [0.1, 0.15) is 12.3 Å². The summed E-state index contributed by atoms with van der Waals surface area (Å²) >= 11 is 0. The normalized spacial score (nSPS) is 13.5. The van der Waals surface area contributed by atoms with Crippen LogP contribution >= 0.6 is 0 Å². The van der Waals surface area contributed by atoms with Crippen molar-refractivity contribution in [1.29, 1.82) is 0 Å². The zero-order valence-corrected chi connectivity index (χ0v) is 24.6. The highest BCUT2D eigenvalue weighted by Crippen LogP contribution is 2.26. The van der Waals surface area contributed by atoms with Crippen molar-refractivity contribution in [2.45, 2.75) is 32.1 Å². The number of carbonyl (C=O) groups is 2. The molecule has 43 heavy (non-hydrogen) atoms. The number of aromatic nitrogens is 2. The molecule has 0 radical (unpaired) electrons. The highest BCUT2D eigenvalue weighted by Gasteiger charge is 2.26. The third kappa shape index (κ3) is 8.19. The predicted octanol–water partition coefficient (Wildman–Crippen LogP) is 5.30. The standard InChI is InChI=1S/C35H38N4O4/c1-43-30-14-12-28(13-15-30)23-32-31(34(42)39(25-33(40)41)21-16-26-8-4-2-5-9-26)24-36-35(37-32)38-19-17-29(18-20-38)22-27-10-6-3-7-11-27/h2-15,24,29H,16-23,25H2,1H3,(H,40,41). The molecule has 1 aliphatic heterocycles. The minimum absolute atomic E-state index is 0.272. The Labute approximate surface area is 253 Å². The van der Waals surface area contributed by atoms with E-state index < -0.39 is 12.5 Å². The van der Waals surface area contributed by atoms with Crippen LogP contribution in [0.15, 0.2) is 91.1 Å². The maximum Gasteiger partial charge on any atom is 0.323 e. The van der Waals surface area contributed by atoms with Crippen LogP contribution in [-0.4, -0.2) is 65.1 Å². The third-order valence-corrected chi connectivity index (χ3v) is 8.01. The van der Waals surface area contributed by atoms with Crippen molar-refractivity contribution >= 4 is 17.8 Å². The highest BCUT2D eigenvalue weighted by molar-refractivity contribution is 5.96. The van der Waals surface area contributed by atoms with Crippen molar-refractivity contribution in [3.8, 4) is 5.75 Å². The third-order valence-electron chi connectivity index (χ3n) is 8.01. The first-order valence-corrected chi connectivity index (χ1v) is 14.8. The van der Waals surface area contributed by atoms with Crippen LogP contribution in [0.5, 0.6) is 5.75 Å². The van der Waals surface area contributed by atoms with E-state index in [4.69, 9.17) is 9.72 Å². The summed E-state index contributed by atoms with van der Waals surface area (Å²) in [5.74, 6) is 0.513. The van der Waals surface area contributed by atoms with Gasteiger partial charge in [-0.05, 0) is 60.4 Å². The number of benzene rings is 3. The Bertz CT molecular complexity index is 1490. The van der Waals surface area contributed by atoms with E-state index in [1.807, 2.05) is 60.7 Å². The summed E-state index contributed by atoms with van der Waals surface area (Å²) < 4.78 is 5.31. The van der Waals surface area contributed by atoms with E-state index in [1.165, 1.54) is 10.5 Å². The topological polar surface area (TPSA) is 95.9 Å². The molecule has 8 nitrogen and oxygen atoms in total. The molecule has 0 saturated carbocycles. The number of carbonyl (C=O) groups excluding carboxylic acids is 1. The number of anilines is 1. The SMILES string of the molecule is COc1ccc(Cc2nc(N3CCC(Cc4ccccc4)CC3)ncc2C(=O)N(CCc2ccccc2)CC(=O)O)cc1. The Morgan fingerprint density at radius 1 is 0.907 bits per heavy atom. The number of hydrogen-bond donors (Lipinski definition) is 1. The maximum absolute atomic E-state index is 13.9. The Morgan fingerprint density at radius 3 is 2.19 bits per heavy atom. The zero-order chi connectivity index (χ0) is 30.0. The van der Waals surface area contributed by atoms with Crippen molar-refractivity contribution < 1.29 is 19.4 Å². The Balaban J connectivity index is 1.37. The van der Waals surface area contributed by atoms with Crippen LogP contribution in [-0.2, 0) is 24.1 Å². The van der Waals surface area contributed by atoms with Gasteiger partial charge in [0.15, 0.2) is 0 Å². The molecule has 8 heteroatoms. The van der Waals surface area contributed by atoms with Crippen LogP contribution < -0.4 is 9.64 Å². The Kier molecular flexibility index (Phi) is 10.00. The molecule has 1 saturated heterocycles. The number of carboxylic acids is 1. The molecule has 0 unspecified atom stereocenters. The minimum Gasteiger partial charge on any atom is -0.497 e. The van der Waals surface area contributed by atoms with Crippen LogP contribution in [0.3, 0.4) is 0 Å². The number of methoxy groups -OCH3 is 1. The van der Waals surface area contributed by atoms with Crippen molar-refractivity contribution in [1.82, 2.24) is 14.9 Å². The lowest BCUT2D eigenvalue weighted by molar-refractivity contribution is -0.137. The lowest BCUT2D eigenvalue weighted by Crippen LogP contribution is -2.38. The first-order chi connectivity index (χ1) is 21.0. The number of carboxylic acid groups (broad SMARTS) is 1. The lowest BCUT2D eigenvalue weighted by atomic mass is 9.90. The van der Waals surface area contributed by atoms with Crippen molar-refractivity contribution in [2.75, 3.05) is 38.2 Å². The maximum atomic E-state index is 13.9. The average molecular weight is 579 g/mol. The number of piperidine rings is 1. The second-order valence-electron chi connectivity index (χ2n) is 11.0. The van der Waals surface area contributed by atoms with Gasteiger partial charge in [0.2, 0.25) is 5.95 Å². The fourth-order valence-corrected chi connectivity index (χ4v) is 5.59. The largest absolute Gasteiger partial charge is 0.497 e. The Hall–Kier alpha value is -4.72. The van der Waals surface area contributed by atoms with Gasteiger partial charge in [0.25, 0.3) is 5.91 Å². The molecule has 0 spiro atoms. The summed E-state index contributed by atoms with van der Waals surface area (Å²) in [6.45, 7) is 1.56. The molecule has 0 atom stereocenters. The number of amides is 1. The molecule has 1 N–H and O–H groups in total. The summed E-state index contributed by atoms with van der Waals surface area (Å²) in [4.78, 5) is 38.8. The van der Waals surface area contributed by atoms with Gasteiger partial charge in [-0.1, -0.05) is 72.8 Å². The molecular weight excluding hydrogens is 540 g/mol. The van der Waals surface area contributed by atoms with E-state index in [2.05, 4.69) is 34.1 Å². The summed E-state index contributed by atoms with van der Waals surface area (Å²) in [6, 6.07) is 28.0. The second-order valence-corrected chi connectivity index (χ2v) is 11.0. The summed E-state index contributed by atoms with van der Waals surface area (Å²) in [6.07, 6.45) is 5.68. The molecule has 4 aromatic rings. The zero-order valence-electron chi connectivity index (χ0n) is 24.6. The number of rotatable bonds is 12. The smallest absolute Gasteiger partial charge is 0.323 e. The molecule has 1 aliphatic rings. The van der Waals surface area contributed by atoms with E-state index in [1.54, 1.807) is 13.3 Å². The second kappa shape index (κ2) is 14.4. The summed E-state index contributed by atoms with van der Waals surface area (Å²) in [5.41, 5.74) is 4.27. The quantitative estimate of drug-likeness (QED) is 0.244. The van der Waals surface area contributed by atoms with E-state index in [0.29, 0.717) is 36.0 Å². The number of aliphatic carboxylic acids is 1. The fourth-order valence-electron chi connectivity index (χ4n) is 5.59. The van der Waals surface area contributed by atoms with Crippen molar-refractivity contribution in [3.63, 3.8) is 0 Å². The monoisotopic (exact) mass is 578 g/mol. The van der Waals surface area contributed by atoms with Crippen LogP contribution in [0.25, 0.3) is 0 Å². The Morgan fingerprint density at radius 2 is 1.56 bits per heavy atom. The van der Waals surface area contributed by atoms with Crippen LogP contribution in [0.4, 0.5) is 5.95 Å². The first-order valence-electron chi connectivity index (χ1n) is 14.8. The molecule has 0 bridgehead atoms. The van der Waals surface area contributed by atoms with Crippen LogP contribution in [0, 0.1) is 5.92 Å². The van der Waals surface area contributed by atoms with Crippen molar-refractivity contribution in [2.24, 2.45) is 5.92 Å². The van der Waals surface area contributed by atoms with Gasteiger partial charge < -0.3 is 19.6 Å². The molecule has 5 rings (SSSR count). The first kappa shape index (κ1) is 29.8. The molecule has 2 heterocycles. The molecule has 3 aromatic carbocycles. The van der Waals surface area contributed by atoms with E-state index >= 15 is 0 Å². The molecule has 1 amide bonds. The van der Waals surface area contributed by atoms with Gasteiger partial charge in [-0.2, -0.15) is 0 Å². The minimum atomic E-state index is -1.06. The molecule has 1 fully saturated rings. The molecule has 1 aromatic heterocycles. The molecule has 0 aliphatic carbocycles. The number of hydrogen-bond acceptors (Lipinski definition) is 6. The average Bonchev–Trinajstić information content (AvgIpc) is 3.04. The predicted molar refractivity (Wildman–Crippen MR) is 167 cm³/mol. The van der Waals surface area contributed by atoms with Crippen LogP contribution in [0.1, 0.15) is 45.6 Å². The van der Waals surface area contributed by atoms with Gasteiger partial charge in [-0.15, -0.1) is 0 Å². The van der Waals surface area contributed by atoms with Gasteiger partial charge in [0.05, 0.1) is 18.4 Å².